The molecular formula is C38H73N5O4Si2. The first-order chi connectivity index (χ1) is 23.3. The van der Waals surface area contributed by atoms with E-state index < -0.39 is 16.6 Å². The summed E-state index contributed by atoms with van der Waals surface area (Å²) in [4.78, 5) is 24.1. The number of fused-ring (bicyclic) bond motifs is 1. The third-order valence-electron chi connectivity index (χ3n) is 11.6. The molecule has 3 atom stereocenters. The Labute approximate surface area is 300 Å². The first-order valence-corrected chi connectivity index (χ1v) is 24.6. The number of H-pyrrole nitrogens is 1. The number of anilines is 1. The molecule has 0 aromatic carbocycles. The van der Waals surface area contributed by atoms with Crippen LogP contribution in [0.5, 0.6) is 0 Å². The van der Waals surface area contributed by atoms with Crippen molar-refractivity contribution in [2.75, 3.05) is 12.3 Å². The second-order valence-corrected chi connectivity index (χ2v) is 26.1. The van der Waals surface area contributed by atoms with Gasteiger partial charge in [-0.1, -0.05) is 146 Å². The minimum absolute atomic E-state index is 0.0780. The Morgan fingerprint density at radius 2 is 1.35 bits per heavy atom. The molecule has 1 saturated heterocycles. The summed E-state index contributed by atoms with van der Waals surface area (Å²) in [5, 5.41) is 0. The van der Waals surface area contributed by atoms with Gasteiger partial charge in [0.2, 0.25) is 5.95 Å². The number of aromatic amines is 1. The standard InChI is InChI=1S/C38H73N5O4Si2/c1-11-13-15-17-19-21-23-48(28(3)4,29(5)6)45-26-33-32(47-49(30(7)8,31(9)10)24-22-20-18-16-14-12-2)25-34(46-33)43-27-40-35-36(43)41-38(39)42-37(35)44/h27-34H,11-26H2,1-10H3,(H3,39,41,42,44)/t32-,33+,34+/m0/s1. The van der Waals surface area contributed by atoms with Crippen LogP contribution in [0.1, 0.15) is 159 Å². The number of nitrogen functional groups attached to an aromatic ring is 1. The topological polar surface area (TPSA) is 117 Å². The van der Waals surface area contributed by atoms with Crippen LogP contribution in [0.25, 0.3) is 11.2 Å². The van der Waals surface area contributed by atoms with Crippen LogP contribution in [0.3, 0.4) is 0 Å². The molecule has 0 unspecified atom stereocenters. The lowest BCUT2D eigenvalue weighted by molar-refractivity contribution is -0.0390. The monoisotopic (exact) mass is 720 g/mol. The quantitative estimate of drug-likeness (QED) is 0.0819. The van der Waals surface area contributed by atoms with E-state index in [1.54, 1.807) is 6.33 Å². The first kappa shape index (κ1) is 41.9. The van der Waals surface area contributed by atoms with Crippen molar-refractivity contribution in [1.82, 2.24) is 19.5 Å². The third kappa shape index (κ3) is 10.7. The molecule has 11 heteroatoms. The number of ether oxygens (including phenoxy) is 1. The molecule has 2 aromatic heterocycles. The molecule has 0 saturated carbocycles. The number of unbranched alkanes of at least 4 members (excludes halogenated alkanes) is 10. The van der Waals surface area contributed by atoms with Crippen molar-refractivity contribution in [2.45, 2.75) is 205 Å². The molecule has 1 aliphatic rings. The average Bonchev–Trinajstić information content (AvgIpc) is 3.64. The Morgan fingerprint density at radius 3 is 1.88 bits per heavy atom. The van der Waals surface area contributed by atoms with Gasteiger partial charge < -0.3 is 19.3 Å². The molecule has 0 bridgehead atoms. The van der Waals surface area contributed by atoms with Gasteiger partial charge in [0.05, 0.1) is 19.0 Å². The van der Waals surface area contributed by atoms with Gasteiger partial charge in [-0.15, -0.1) is 0 Å². The number of hydrogen-bond acceptors (Lipinski definition) is 7. The summed E-state index contributed by atoms with van der Waals surface area (Å²) in [6.07, 6.45) is 17.1. The Morgan fingerprint density at radius 1 is 0.837 bits per heavy atom. The number of rotatable bonds is 24. The molecule has 0 amide bonds. The van der Waals surface area contributed by atoms with Gasteiger partial charge in [0.15, 0.2) is 27.8 Å². The summed E-state index contributed by atoms with van der Waals surface area (Å²) in [7, 11) is -4.33. The molecule has 1 aliphatic heterocycles. The molecular weight excluding hydrogens is 647 g/mol. The molecule has 282 valence electrons. The van der Waals surface area contributed by atoms with Crippen LogP contribution in [0.15, 0.2) is 11.1 Å². The van der Waals surface area contributed by atoms with Crippen LogP contribution in [0.4, 0.5) is 5.95 Å². The van der Waals surface area contributed by atoms with Crippen molar-refractivity contribution in [3.63, 3.8) is 0 Å². The Hall–Kier alpha value is -1.54. The van der Waals surface area contributed by atoms with E-state index in [0.717, 1.165) is 0 Å². The number of imidazole rings is 1. The fraction of sp³-hybridized carbons (Fsp3) is 0.868. The van der Waals surface area contributed by atoms with Gasteiger partial charge in [-0.25, -0.2) is 4.98 Å². The van der Waals surface area contributed by atoms with Gasteiger partial charge in [-0.3, -0.25) is 14.3 Å². The van der Waals surface area contributed by atoms with E-state index in [2.05, 4.69) is 84.2 Å². The predicted molar refractivity (Wildman–Crippen MR) is 210 cm³/mol. The summed E-state index contributed by atoms with van der Waals surface area (Å²) in [6, 6.07) is 2.35. The van der Waals surface area contributed by atoms with Gasteiger partial charge >= 0.3 is 0 Å². The smallest absolute Gasteiger partial charge is 0.280 e. The maximum Gasteiger partial charge on any atom is 0.280 e. The summed E-state index contributed by atoms with van der Waals surface area (Å²) >= 11 is 0. The summed E-state index contributed by atoms with van der Waals surface area (Å²) in [5.41, 5.74) is 8.33. The fourth-order valence-corrected chi connectivity index (χ4v) is 17.7. The summed E-state index contributed by atoms with van der Waals surface area (Å²) < 4.78 is 23.7. The maximum atomic E-state index is 12.7. The van der Waals surface area contributed by atoms with E-state index in [9.17, 15) is 4.79 Å². The van der Waals surface area contributed by atoms with Crippen LogP contribution in [-0.2, 0) is 13.6 Å². The Balaban J connectivity index is 1.91. The van der Waals surface area contributed by atoms with Crippen molar-refractivity contribution in [1.29, 1.82) is 0 Å². The number of hydrogen-bond donors (Lipinski definition) is 2. The molecule has 0 spiro atoms. The molecule has 9 nitrogen and oxygen atoms in total. The summed E-state index contributed by atoms with van der Waals surface area (Å²) in [5.74, 6) is 0.0780. The van der Waals surface area contributed by atoms with Crippen LogP contribution in [0.2, 0.25) is 34.3 Å². The molecule has 1 fully saturated rings. The highest BCUT2D eigenvalue weighted by molar-refractivity contribution is 6.77. The second-order valence-electron chi connectivity index (χ2n) is 16.2. The van der Waals surface area contributed by atoms with Crippen LogP contribution in [0, 0.1) is 0 Å². The SMILES string of the molecule is CCCCCCCC[Si](OC[C@H]1O[C@@H](n2cnc3c(=O)[nH]c(N)nc32)C[C@@H]1O[Si](CCCCCCCC)(C(C)C)C(C)C)(C(C)C)C(C)C. The maximum absolute atomic E-state index is 12.7. The fourth-order valence-electron chi connectivity index (χ4n) is 8.41. The Bertz CT molecular complexity index is 1280. The zero-order valence-corrected chi connectivity index (χ0v) is 35.0. The van der Waals surface area contributed by atoms with Crippen molar-refractivity contribution in [2.24, 2.45) is 0 Å². The van der Waals surface area contributed by atoms with E-state index in [4.69, 9.17) is 19.3 Å². The van der Waals surface area contributed by atoms with Crippen molar-refractivity contribution >= 4 is 33.7 Å². The lowest BCUT2D eigenvalue weighted by Gasteiger charge is -2.43. The minimum Gasteiger partial charge on any atom is -0.414 e. The summed E-state index contributed by atoms with van der Waals surface area (Å²) in [6.45, 7) is 24.1. The molecule has 2 aromatic rings. The van der Waals surface area contributed by atoms with Crippen molar-refractivity contribution < 1.29 is 13.6 Å². The second kappa shape index (κ2) is 19.9. The highest BCUT2D eigenvalue weighted by Crippen LogP contribution is 2.45. The normalized spacial score (nSPS) is 19.1. The van der Waals surface area contributed by atoms with Gasteiger partial charge in [0.25, 0.3) is 5.56 Å². The van der Waals surface area contributed by atoms with E-state index in [1.165, 1.54) is 89.1 Å². The van der Waals surface area contributed by atoms with E-state index >= 15 is 0 Å². The molecule has 3 N–H and O–H groups in total. The molecule has 3 heterocycles. The van der Waals surface area contributed by atoms with E-state index in [-0.39, 0.29) is 35.5 Å². The molecule has 0 radical (unpaired) electrons. The third-order valence-corrected chi connectivity index (χ3v) is 23.1. The van der Waals surface area contributed by atoms with Crippen LogP contribution < -0.4 is 11.3 Å². The van der Waals surface area contributed by atoms with E-state index in [0.29, 0.717) is 40.8 Å². The van der Waals surface area contributed by atoms with Crippen molar-refractivity contribution in [3.05, 3.63) is 16.7 Å². The highest BCUT2D eigenvalue weighted by atomic mass is 28.4. The van der Waals surface area contributed by atoms with Gasteiger partial charge in [0.1, 0.15) is 12.3 Å². The van der Waals surface area contributed by atoms with Crippen molar-refractivity contribution in [3.8, 4) is 0 Å². The number of aromatic nitrogens is 4. The van der Waals surface area contributed by atoms with Gasteiger partial charge in [-0.05, 0) is 34.3 Å². The van der Waals surface area contributed by atoms with Gasteiger partial charge in [0, 0.05) is 6.42 Å². The van der Waals surface area contributed by atoms with E-state index in [1.807, 2.05) is 4.57 Å². The van der Waals surface area contributed by atoms with Crippen LogP contribution >= 0.6 is 0 Å². The zero-order valence-electron chi connectivity index (χ0n) is 33.0. The molecule has 0 aliphatic carbocycles. The number of nitrogens with one attached hydrogen (secondary N) is 1. The lowest BCUT2D eigenvalue weighted by Crippen LogP contribution is -2.51. The molecule has 3 rings (SSSR count). The number of nitrogens with two attached hydrogens (primary N) is 1. The average molecular weight is 720 g/mol. The Kier molecular flexibility index (Phi) is 17.0. The van der Waals surface area contributed by atoms with Crippen LogP contribution in [-0.4, -0.2) is 55.0 Å². The largest absolute Gasteiger partial charge is 0.414 e. The first-order valence-electron chi connectivity index (χ1n) is 20.0. The van der Waals surface area contributed by atoms with Gasteiger partial charge in [-0.2, -0.15) is 4.98 Å². The lowest BCUT2D eigenvalue weighted by atomic mass is 10.1. The molecule has 49 heavy (non-hydrogen) atoms. The number of nitrogens with zero attached hydrogens (tertiary/aromatic N) is 3. The minimum atomic E-state index is -2.21. The highest BCUT2D eigenvalue weighted by Gasteiger charge is 2.49. The zero-order chi connectivity index (χ0) is 36.2. The predicted octanol–water partition coefficient (Wildman–Crippen LogP) is 10.6.